The van der Waals surface area contributed by atoms with Gasteiger partial charge in [0.2, 0.25) is 5.95 Å². The van der Waals surface area contributed by atoms with E-state index in [2.05, 4.69) is 32.0 Å². The highest BCUT2D eigenvalue weighted by atomic mass is 15.1. The zero-order valence-corrected chi connectivity index (χ0v) is 15.5. The summed E-state index contributed by atoms with van der Waals surface area (Å²) in [5.74, 6) is 1.55. The van der Waals surface area contributed by atoms with E-state index in [1.54, 1.807) is 12.3 Å². The standard InChI is InChI=1S/C21H26N6/c22-14-17(18-10-5-11-20(26-18)24-15-6-1-2-7-15)19-12-13-23-21(27-19)25-16-8-3-4-9-16/h5,10-13,15-16,24,26H,1-4,6-9H2,(H,23,25,27)/b18-17-. The van der Waals surface area contributed by atoms with Crippen molar-refractivity contribution >= 4 is 11.5 Å². The fourth-order valence-electron chi connectivity index (χ4n) is 4.06. The van der Waals surface area contributed by atoms with Crippen LogP contribution in [0.1, 0.15) is 57.1 Å². The van der Waals surface area contributed by atoms with Crippen LogP contribution in [0.2, 0.25) is 0 Å². The highest BCUT2D eigenvalue weighted by molar-refractivity contribution is 5.79. The predicted molar refractivity (Wildman–Crippen MR) is 106 cm³/mol. The number of nitriles is 1. The molecule has 1 aromatic heterocycles. The normalized spacial score (nSPS) is 22.1. The van der Waals surface area contributed by atoms with Crippen molar-refractivity contribution in [3.8, 4) is 6.07 Å². The molecule has 27 heavy (non-hydrogen) atoms. The molecule has 2 fully saturated rings. The summed E-state index contributed by atoms with van der Waals surface area (Å²) in [6.45, 7) is 0. The number of anilines is 1. The van der Waals surface area contributed by atoms with Gasteiger partial charge in [0.15, 0.2) is 0 Å². The van der Waals surface area contributed by atoms with E-state index in [0.717, 1.165) is 24.4 Å². The molecule has 1 aliphatic heterocycles. The molecule has 0 amide bonds. The number of hydrogen-bond donors (Lipinski definition) is 3. The molecule has 3 aliphatic rings. The average molecular weight is 362 g/mol. The Morgan fingerprint density at radius 2 is 1.78 bits per heavy atom. The molecule has 3 N–H and O–H groups in total. The quantitative estimate of drug-likeness (QED) is 0.694. The maximum absolute atomic E-state index is 9.77. The van der Waals surface area contributed by atoms with E-state index in [1.165, 1.54) is 38.5 Å². The van der Waals surface area contributed by atoms with Gasteiger partial charge >= 0.3 is 0 Å². The molecule has 0 aromatic carbocycles. The molecule has 4 rings (SSSR count). The van der Waals surface area contributed by atoms with Crippen LogP contribution < -0.4 is 16.0 Å². The van der Waals surface area contributed by atoms with Gasteiger partial charge in [0.25, 0.3) is 0 Å². The molecule has 0 atom stereocenters. The number of aromatic nitrogens is 2. The van der Waals surface area contributed by atoms with Crippen LogP contribution in [0.4, 0.5) is 5.95 Å². The van der Waals surface area contributed by atoms with Crippen LogP contribution in [0, 0.1) is 11.3 Å². The number of dihydropyridines is 1. The summed E-state index contributed by atoms with van der Waals surface area (Å²) in [5.41, 5.74) is 1.94. The molecule has 2 heterocycles. The molecule has 0 unspecified atom stereocenters. The molecule has 0 spiro atoms. The fourth-order valence-corrected chi connectivity index (χ4v) is 4.06. The molecular formula is C21H26N6. The van der Waals surface area contributed by atoms with Gasteiger partial charge in [0.05, 0.1) is 11.4 Å². The van der Waals surface area contributed by atoms with E-state index < -0.39 is 0 Å². The van der Waals surface area contributed by atoms with E-state index in [0.29, 0.717) is 29.3 Å². The van der Waals surface area contributed by atoms with Crippen molar-refractivity contribution in [3.63, 3.8) is 0 Å². The Balaban J connectivity index is 1.51. The number of nitrogens with zero attached hydrogens (tertiary/aromatic N) is 3. The van der Waals surface area contributed by atoms with E-state index in [9.17, 15) is 5.26 Å². The van der Waals surface area contributed by atoms with Gasteiger partial charge in [-0.2, -0.15) is 5.26 Å². The molecule has 2 aliphatic carbocycles. The first kappa shape index (κ1) is 17.6. The summed E-state index contributed by atoms with van der Waals surface area (Å²) in [6, 6.07) is 5.07. The monoisotopic (exact) mass is 362 g/mol. The molecule has 140 valence electrons. The van der Waals surface area contributed by atoms with Gasteiger partial charge in [-0.05, 0) is 43.9 Å². The lowest BCUT2D eigenvalue weighted by atomic mass is 10.1. The zero-order valence-electron chi connectivity index (χ0n) is 15.5. The number of nitrogens with one attached hydrogen (secondary N) is 3. The van der Waals surface area contributed by atoms with Crippen LogP contribution in [-0.4, -0.2) is 22.1 Å². The summed E-state index contributed by atoms with van der Waals surface area (Å²) in [5, 5.41) is 20.1. The third-order valence-corrected chi connectivity index (χ3v) is 5.49. The SMILES string of the molecule is N#C/C(=C1\C=CC=C(NC2CCCC2)N1)c1ccnc(NC2CCCC2)n1. The smallest absolute Gasteiger partial charge is 0.223 e. The molecule has 6 heteroatoms. The van der Waals surface area contributed by atoms with Crippen LogP contribution in [0.3, 0.4) is 0 Å². The maximum atomic E-state index is 9.77. The van der Waals surface area contributed by atoms with Crippen LogP contribution >= 0.6 is 0 Å². The first-order valence-electron chi connectivity index (χ1n) is 9.98. The van der Waals surface area contributed by atoms with Crippen molar-refractivity contribution in [2.75, 3.05) is 5.32 Å². The summed E-state index contributed by atoms with van der Waals surface area (Å²) in [4.78, 5) is 8.93. The largest absolute Gasteiger partial charge is 0.369 e. The highest BCUT2D eigenvalue weighted by Crippen LogP contribution is 2.23. The van der Waals surface area contributed by atoms with E-state index in [-0.39, 0.29) is 0 Å². The van der Waals surface area contributed by atoms with Crippen LogP contribution in [0.15, 0.2) is 42.0 Å². The highest BCUT2D eigenvalue weighted by Gasteiger charge is 2.19. The summed E-state index contributed by atoms with van der Waals surface area (Å²) < 4.78 is 0. The van der Waals surface area contributed by atoms with Crippen LogP contribution in [0.25, 0.3) is 5.57 Å². The van der Waals surface area contributed by atoms with Crippen LogP contribution in [0.5, 0.6) is 0 Å². The molecule has 1 aromatic rings. The van der Waals surface area contributed by atoms with E-state index in [4.69, 9.17) is 0 Å². The Bertz CT molecular complexity index is 804. The third kappa shape index (κ3) is 4.30. The van der Waals surface area contributed by atoms with Crippen molar-refractivity contribution in [2.45, 2.75) is 63.5 Å². The second kappa shape index (κ2) is 8.26. The Morgan fingerprint density at radius 1 is 1.07 bits per heavy atom. The number of hydrogen-bond acceptors (Lipinski definition) is 6. The first-order valence-corrected chi connectivity index (χ1v) is 9.98. The molecule has 0 saturated heterocycles. The van der Waals surface area contributed by atoms with Gasteiger partial charge in [0.1, 0.15) is 17.5 Å². The lowest BCUT2D eigenvalue weighted by molar-refractivity contribution is 0.563. The summed E-state index contributed by atoms with van der Waals surface area (Å²) in [6.07, 6.45) is 17.4. The lowest BCUT2D eigenvalue weighted by Crippen LogP contribution is -2.33. The minimum absolute atomic E-state index is 0.441. The molecule has 0 radical (unpaired) electrons. The molecule has 6 nitrogen and oxygen atoms in total. The van der Waals surface area contributed by atoms with Crippen LogP contribution in [-0.2, 0) is 0 Å². The first-order chi connectivity index (χ1) is 13.3. The molecular weight excluding hydrogens is 336 g/mol. The Morgan fingerprint density at radius 3 is 2.48 bits per heavy atom. The number of rotatable bonds is 5. The van der Waals surface area contributed by atoms with Gasteiger partial charge in [-0.25, -0.2) is 9.97 Å². The molecule has 2 saturated carbocycles. The molecule has 0 bridgehead atoms. The van der Waals surface area contributed by atoms with Crippen molar-refractivity contribution in [3.05, 3.63) is 47.7 Å². The minimum Gasteiger partial charge on any atom is -0.369 e. The fraction of sp³-hybridized carbons (Fsp3) is 0.476. The lowest BCUT2D eigenvalue weighted by Gasteiger charge is -2.21. The maximum Gasteiger partial charge on any atom is 0.223 e. The Kier molecular flexibility index (Phi) is 5.38. The van der Waals surface area contributed by atoms with Gasteiger partial charge in [-0.15, -0.1) is 0 Å². The van der Waals surface area contributed by atoms with Gasteiger partial charge < -0.3 is 16.0 Å². The second-order valence-corrected chi connectivity index (χ2v) is 7.48. The number of allylic oxidation sites excluding steroid dienone is 4. The van der Waals surface area contributed by atoms with E-state index >= 15 is 0 Å². The summed E-state index contributed by atoms with van der Waals surface area (Å²) >= 11 is 0. The average Bonchev–Trinajstić information content (AvgIpc) is 3.37. The van der Waals surface area contributed by atoms with Crippen molar-refractivity contribution in [1.82, 2.24) is 20.6 Å². The topological polar surface area (TPSA) is 85.7 Å². The van der Waals surface area contributed by atoms with Crippen molar-refractivity contribution in [2.24, 2.45) is 0 Å². The van der Waals surface area contributed by atoms with E-state index in [1.807, 2.05) is 18.2 Å². The van der Waals surface area contributed by atoms with Crippen molar-refractivity contribution < 1.29 is 0 Å². The van der Waals surface area contributed by atoms with Crippen molar-refractivity contribution in [1.29, 1.82) is 5.26 Å². The summed E-state index contributed by atoms with van der Waals surface area (Å²) in [7, 11) is 0. The zero-order chi connectivity index (χ0) is 18.5. The minimum atomic E-state index is 0.441. The predicted octanol–water partition coefficient (Wildman–Crippen LogP) is 3.60. The second-order valence-electron chi connectivity index (χ2n) is 7.48. The third-order valence-electron chi connectivity index (χ3n) is 5.49. The Hall–Kier alpha value is -2.81. The van der Waals surface area contributed by atoms with Gasteiger partial charge in [-0.3, -0.25) is 0 Å². The van der Waals surface area contributed by atoms with Gasteiger partial charge in [-0.1, -0.05) is 31.8 Å². The Labute approximate surface area is 160 Å². The van der Waals surface area contributed by atoms with Gasteiger partial charge in [0, 0.05) is 18.3 Å².